The van der Waals surface area contributed by atoms with Crippen molar-refractivity contribution >= 4 is 29.4 Å². The molecule has 2 aliphatic rings. The molecule has 3 amide bonds. The summed E-state index contributed by atoms with van der Waals surface area (Å²) >= 11 is 0. The van der Waals surface area contributed by atoms with E-state index in [1.165, 1.54) is 6.07 Å². The monoisotopic (exact) mass is 454 g/mol. The minimum Gasteiger partial charge on any atom is -0.426 e. The number of carbonyl (C=O) groups excluding carboxylic acids is 4. The molecular formula is C27H22N2O5. The van der Waals surface area contributed by atoms with Gasteiger partial charge in [0.05, 0.1) is 28.8 Å². The number of carbonyl (C=O) groups is 4. The lowest BCUT2D eigenvalue weighted by atomic mass is 10.1. The van der Waals surface area contributed by atoms with Gasteiger partial charge in [-0.15, -0.1) is 0 Å². The molecule has 1 saturated heterocycles. The first-order valence-corrected chi connectivity index (χ1v) is 11.1. The highest BCUT2D eigenvalue weighted by atomic mass is 16.5. The Morgan fingerprint density at radius 2 is 1.53 bits per heavy atom. The smallest absolute Gasteiger partial charge is 0.316 e. The Balaban J connectivity index is 1.29. The predicted octanol–water partition coefficient (Wildman–Crippen LogP) is 4.00. The van der Waals surface area contributed by atoms with Crippen LogP contribution in [0.25, 0.3) is 0 Å². The Morgan fingerprint density at radius 1 is 0.882 bits per heavy atom. The Bertz CT molecular complexity index is 1270. The quantitative estimate of drug-likeness (QED) is 0.331. The van der Waals surface area contributed by atoms with Crippen LogP contribution in [0.1, 0.15) is 45.7 Å². The number of hydrogen-bond donors (Lipinski definition) is 0. The lowest BCUT2D eigenvalue weighted by Crippen LogP contribution is -2.30. The number of amides is 3. The van der Waals surface area contributed by atoms with Gasteiger partial charge in [0.15, 0.2) is 0 Å². The fraction of sp³-hybridized carbons (Fsp3) is 0.185. The molecule has 2 aliphatic heterocycles. The van der Waals surface area contributed by atoms with Crippen LogP contribution in [0.5, 0.6) is 5.75 Å². The number of imide groups is 1. The molecule has 7 nitrogen and oxygen atoms in total. The third-order valence-electron chi connectivity index (χ3n) is 6.33. The van der Waals surface area contributed by atoms with Crippen LogP contribution < -0.4 is 9.64 Å². The highest BCUT2D eigenvalue weighted by Crippen LogP contribution is 2.32. The van der Waals surface area contributed by atoms with Crippen molar-refractivity contribution in [3.63, 3.8) is 0 Å². The van der Waals surface area contributed by atoms with Crippen LogP contribution in [-0.2, 0) is 9.59 Å². The summed E-state index contributed by atoms with van der Waals surface area (Å²) in [5.74, 6) is -1.84. The maximum atomic E-state index is 12.9. The van der Waals surface area contributed by atoms with Crippen molar-refractivity contribution in [1.82, 2.24) is 4.90 Å². The van der Waals surface area contributed by atoms with Gasteiger partial charge < -0.3 is 9.64 Å². The summed E-state index contributed by atoms with van der Waals surface area (Å²) in [6.45, 7) is 2.21. The highest BCUT2D eigenvalue weighted by Gasteiger charge is 2.39. The van der Waals surface area contributed by atoms with Crippen LogP contribution in [-0.4, -0.2) is 35.1 Å². The lowest BCUT2D eigenvalue weighted by Gasteiger charge is -2.25. The molecule has 5 rings (SSSR count). The molecule has 170 valence electrons. The molecule has 7 heteroatoms. The number of likely N-dealkylation sites (tertiary alicyclic amines) is 1. The molecule has 0 aromatic heterocycles. The third kappa shape index (κ3) is 3.75. The van der Waals surface area contributed by atoms with Gasteiger partial charge in [-0.05, 0) is 36.8 Å². The zero-order valence-electron chi connectivity index (χ0n) is 18.5. The second kappa shape index (κ2) is 8.59. The first-order chi connectivity index (χ1) is 16.4. The molecule has 0 aliphatic carbocycles. The first-order valence-electron chi connectivity index (χ1n) is 11.1. The summed E-state index contributed by atoms with van der Waals surface area (Å²) in [7, 11) is 0. The molecule has 3 aromatic rings. The molecule has 0 bridgehead atoms. The number of esters is 1. The van der Waals surface area contributed by atoms with Gasteiger partial charge in [-0.1, -0.05) is 48.5 Å². The molecule has 0 N–H and O–H groups in total. The molecular weight excluding hydrogens is 432 g/mol. The van der Waals surface area contributed by atoms with E-state index in [-0.39, 0.29) is 30.7 Å². The van der Waals surface area contributed by atoms with Gasteiger partial charge in [0.1, 0.15) is 5.75 Å². The second-order valence-electron chi connectivity index (χ2n) is 8.44. The molecule has 0 unspecified atom stereocenters. The normalized spacial score (nSPS) is 18.3. The van der Waals surface area contributed by atoms with Crippen molar-refractivity contribution < 1.29 is 23.9 Å². The van der Waals surface area contributed by atoms with Gasteiger partial charge in [0.2, 0.25) is 5.91 Å². The van der Waals surface area contributed by atoms with Crippen LogP contribution in [0.15, 0.2) is 78.9 Å². The van der Waals surface area contributed by atoms with E-state index in [4.69, 9.17) is 4.74 Å². The Hall–Kier alpha value is -4.26. The lowest BCUT2D eigenvalue weighted by molar-refractivity contribution is -0.139. The molecule has 0 spiro atoms. The van der Waals surface area contributed by atoms with Crippen LogP contribution in [0.3, 0.4) is 0 Å². The number of ether oxygens (including phenoxy) is 1. The van der Waals surface area contributed by atoms with Crippen LogP contribution >= 0.6 is 0 Å². The predicted molar refractivity (Wildman–Crippen MR) is 124 cm³/mol. The fourth-order valence-electron chi connectivity index (χ4n) is 4.48. The van der Waals surface area contributed by atoms with Crippen molar-refractivity contribution in [2.75, 3.05) is 11.4 Å². The van der Waals surface area contributed by atoms with Gasteiger partial charge >= 0.3 is 5.97 Å². The number of fused-ring (bicyclic) bond motifs is 1. The van der Waals surface area contributed by atoms with Crippen molar-refractivity contribution in [2.24, 2.45) is 5.92 Å². The summed E-state index contributed by atoms with van der Waals surface area (Å²) in [5, 5.41) is 0. The Labute approximate surface area is 196 Å². The Morgan fingerprint density at radius 3 is 2.21 bits per heavy atom. The van der Waals surface area contributed by atoms with Crippen molar-refractivity contribution in [2.45, 2.75) is 19.4 Å². The van der Waals surface area contributed by atoms with Gasteiger partial charge in [-0.2, -0.15) is 0 Å². The molecule has 34 heavy (non-hydrogen) atoms. The molecule has 3 aromatic carbocycles. The number of benzene rings is 3. The number of hydrogen-bond acceptors (Lipinski definition) is 5. The van der Waals surface area contributed by atoms with E-state index in [0.29, 0.717) is 16.8 Å². The van der Waals surface area contributed by atoms with Crippen LogP contribution in [0.4, 0.5) is 5.69 Å². The van der Waals surface area contributed by atoms with Gasteiger partial charge in [-0.25, -0.2) is 4.90 Å². The number of anilines is 1. The van der Waals surface area contributed by atoms with E-state index in [9.17, 15) is 19.2 Å². The summed E-state index contributed by atoms with van der Waals surface area (Å²) in [4.78, 5) is 53.7. The summed E-state index contributed by atoms with van der Waals surface area (Å²) in [6, 6.07) is 22.4. The van der Waals surface area contributed by atoms with Crippen molar-refractivity contribution in [3.05, 3.63) is 95.6 Å². The number of rotatable bonds is 5. The van der Waals surface area contributed by atoms with Crippen molar-refractivity contribution in [3.8, 4) is 5.75 Å². The minimum absolute atomic E-state index is 0.0775. The topological polar surface area (TPSA) is 84.0 Å². The second-order valence-corrected chi connectivity index (χ2v) is 8.44. The van der Waals surface area contributed by atoms with Crippen LogP contribution in [0.2, 0.25) is 0 Å². The minimum atomic E-state index is -0.596. The average Bonchev–Trinajstić information content (AvgIpc) is 3.37. The van der Waals surface area contributed by atoms with Gasteiger partial charge in [0.25, 0.3) is 11.8 Å². The standard InChI is InChI=1S/C27H22N2O5/c1-17(18-8-3-2-4-9-18)28-16-19(14-24(28)30)27(33)34-21-11-7-10-20(15-21)29-25(31)22-12-5-6-13-23(22)26(29)32/h2-13,15,17,19H,14,16H2,1H3/t17-,19-/m1/s1. The van der Waals surface area contributed by atoms with E-state index in [0.717, 1.165) is 10.5 Å². The Kier molecular flexibility index (Phi) is 5.45. The zero-order valence-corrected chi connectivity index (χ0v) is 18.5. The van der Waals surface area contributed by atoms with Crippen molar-refractivity contribution in [1.29, 1.82) is 0 Å². The van der Waals surface area contributed by atoms with E-state index in [1.807, 2.05) is 37.3 Å². The summed E-state index contributed by atoms with van der Waals surface area (Å²) in [6.07, 6.45) is 0.0775. The van der Waals surface area contributed by atoms with E-state index < -0.39 is 23.7 Å². The molecule has 2 atom stereocenters. The highest BCUT2D eigenvalue weighted by molar-refractivity contribution is 6.34. The SMILES string of the molecule is C[C@H](c1ccccc1)N1C[C@H](C(=O)Oc2cccc(N3C(=O)c4ccccc4C3=O)c2)CC1=O. The first kappa shape index (κ1) is 21.6. The maximum Gasteiger partial charge on any atom is 0.316 e. The zero-order chi connectivity index (χ0) is 23.8. The summed E-state index contributed by atoms with van der Waals surface area (Å²) in [5.41, 5.74) is 2.00. The fourth-order valence-corrected chi connectivity index (χ4v) is 4.48. The molecule has 1 fully saturated rings. The van der Waals surface area contributed by atoms with Gasteiger partial charge in [0, 0.05) is 19.0 Å². The van der Waals surface area contributed by atoms with E-state index >= 15 is 0 Å². The van der Waals surface area contributed by atoms with Gasteiger partial charge in [-0.3, -0.25) is 19.2 Å². The molecule has 0 radical (unpaired) electrons. The average molecular weight is 454 g/mol. The van der Waals surface area contributed by atoms with Crippen LogP contribution in [0, 0.1) is 5.92 Å². The molecule has 2 heterocycles. The summed E-state index contributed by atoms with van der Waals surface area (Å²) < 4.78 is 5.56. The van der Waals surface area contributed by atoms with E-state index in [1.54, 1.807) is 47.4 Å². The third-order valence-corrected chi connectivity index (χ3v) is 6.33. The number of nitrogens with zero attached hydrogens (tertiary/aromatic N) is 2. The van der Waals surface area contributed by atoms with E-state index in [2.05, 4.69) is 0 Å². The largest absolute Gasteiger partial charge is 0.426 e. The maximum absolute atomic E-state index is 12.9. The molecule has 0 saturated carbocycles.